The summed E-state index contributed by atoms with van der Waals surface area (Å²) in [5, 5.41) is 16.4. The van der Waals surface area contributed by atoms with Gasteiger partial charge in [0.1, 0.15) is 17.7 Å². The van der Waals surface area contributed by atoms with E-state index in [1.165, 1.54) is 12.1 Å². The van der Waals surface area contributed by atoms with Gasteiger partial charge in [0.25, 0.3) is 5.91 Å². The van der Waals surface area contributed by atoms with E-state index >= 15 is 8.78 Å². The number of piperazine rings is 1. The fourth-order valence-electron chi connectivity index (χ4n) is 7.52. The fraction of sp³-hybridized carbons (Fsp3) is 0.500. The predicted molar refractivity (Wildman–Crippen MR) is 194 cm³/mol. The molecule has 0 aliphatic carbocycles. The first-order valence-electron chi connectivity index (χ1n) is 18.2. The fourth-order valence-corrected chi connectivity index (χ4v) is 7.52. The van der Waals surface area contributed by atoms with Gasteiger partial charge in [-0.05, 0) is 80.8 Å². The van der Waals surface area contributed by atoms with Crippen molar-refractivity contribution < 1.29 is 23.2 Å². The number of hydrogen-bond donors (Lipinski definition) is 4. The summed E-state index contributed by atoms with van der Waals surface area (Å²) in [6.07, 6.45) is 5.74. The molecular formula is C36H45F2N11O3. The van der Waals surface area contributed by atoms with Crippen LogP contribution in [0.5, 0.6) is 0 Å². The first kappa shape index (κ1) is 35.3. The monoisotopic (exact) mass is 717 g/mol. The second kappa shape index (κ2) is 15.6. The number of nitrogens with one attached hydrogen (secondary N) is 3. The van der Waals surface area contributed by atoms with Gasteiger partial charge in [-0.1, -0.05) is 0 Å². The number of imide groups is 1. The van der Waals surface area contributed by atoms with Crippen LogP contribution in [0.25, 0.3) is 0 Å². The minimum atomic E-state index is -0.767. The van der Waals surface area contributed by atoms with Crippen LogP contribution >= 0.6 is 0 Å². The van der Waals surface area contributed by atoms with Crippen LogP contribution in [0.1, 0.15) is 55.4 Å². The summed E-state index contributed by atoms with van der Waals surface area (Å²) in [5.74, 6) is -1.22. The van der Waals surface area contributed by atoms with Crippen LogP contribution in [0.3, 0.4) is 0 Å². The summed E-state index contributed by atoms with van der Waals surface area (Å²) in [6.45, 7) is 7.25. The number of primary amides is 1. The number of amides is 3. The van der Waals surface area contributed by atoms with Crippen molar-refractivity contribution in [3.8, 4) is 0 Å². The van der Waals surface area contributed by atoms with Crippen LogP contribution < -0.4 is 36.4 Å². The normalized spacial score (nSPS) is 20.5. The topological polar surface area (TPSA) is 165 Å². The Hall–Kier alpha value is -5.12. The minimum absolute atomic E-state index is 0.101. The van der Waals surface area contributed by atoms with E-state index < -0.39 is 23.7 Å². The molecule has 4 fully saturated rings. The van der Waals surface area contributed by atoms with Gasteiger partial charge in [-0.25, -0.2) is 8.78 Å². The second-order valence-electron chi connectivity index (χ2n) is 14.0. The lowest BCUT2D eigenvalue weighted by atomic mass is 9.95. The van der Waals surface area contributed by atoms with Gasteiger partial charge in [0.05, 0.1) is 11.4 Å². The molecule has 52 heavy (non-hydrogen) atoms. The van der Waals surface area contributed by atoms with Gasteiger partial charge in [0, 0.05) is 76.7 Å². The molecule has 0 saturated carbocycles. The summed E-state index contributed by atoms with van der Waals surface area (Å²) in [5.41, 5.74) is 7.45. The molecule has 14 nitrogen and oxygen atoms in total. The number of anilines is 6. The largest absolute Gasteiger partial charge is 0.371 e. The Balaban J connectivity index is 0.883. The zero-order valence-electron chi connectivity index (χ0n) is 29.1. The van der Waals surface area contributed by atoms with Gasteiger partial charge in [-0.15, -0.1) is 10.2 Å². The third-order valence-electron chi connectivity index (χ3n) is 10.5. The highest BCUT2D eigenvalue weighted by Gasteiger charge is 2.29. The summed E-state index contributed by atoms with van der Waals surface area (Å²) in [6, 6.07) is 9.31. The molecule has 1 aromatic heterocycles. The van der Waals surface area contributed by atoms with E-state index in [9.17, 15) is 14.4 Å². The third-order valence-corrected chi connectivity index (χ3v) is 10.5. The Kier molecular flexibility index (Phi) is 10.6. The van der Waals surface area contributed by atoms with Gasteiger partial charge in [0.15, 0.2) is 11.5 Å². The maximum Gasteiger partial charge on any atom is 0.273 e. The van der Waals surface area contributed by atoms with Crippen LogP contribution in [-0.4, -0.2) is 103 Å². The molecule has 1 unspecified atom stereocenters. The Morgan fingerprint density at radius 3 is 2.31 bits per heavy atom. The van der Waals surface area contributed by atoms with Crippen LogP contribution in [0.2, 0.25) is 0 Å². The molecule has 5 N–H and O–H groups in total. The van der Waals surface area contributed by atoms with Crippen LogP contribution in [0.4, 0.5) is 43.3 Å². The van der Waals surface area contributed by atoms with Gasteiger partial charge in [-0.3, -0.25) is 24.6 Å². The molecule has 4 aliphatic rings. The zero-order valence-corrected chi connectivity index (χ0v) is 29.1. The minimum Gasteiger partial charge on any atom is -0.371 e. The highest BCUT2D eigenvalue weighted by Crippen LogP contribution is 2.30. The highest BCUT2D eigenvalue weighted by molar-refractivity contribution is 6.01. The molecule has 4 saturated heterocycles. The number of nitrogens with two attached hydrogens (primary N) is 1. The quantitative estimate of drug-likeness (QED) is 0.227. The number of carbonyl (C=O) groups is 3. The lowest BCUT2D eigenvalue weighted by molar-refractivity contribution is -0.133. The summed E-state index contributed by atoms with van der Waals surface area (Å²) < 4.78 is 30.5. The average Bonchev–Trinajstić information content (AvgIpc) is 3.14. The van der Waals surface area contributed by atoms with E-state index in [1.807, 2.05) is 11.0 Å². The van der Waals surface area contributed by atoms with Gasteiger partial charge in [-0.2, -0.15) is 4.98 Å². The van der Waals surface area contributed by atoms with E-state index in [-0.39, 0.29) is 35.3 Å². The number of rotatable bonds is 10. The Morgan fingerprint density at radius 1 is 0.846 bits per heavy atom. The highest BCUT2D eigenvalue weighted by atomic mass is 19.1. The van der Waals surface area contributed by atoms with Crippen molar-refractivity contribution in [2.75, 3.05) is 84.2 Å². The molecular weight excluding hydrogens is 672 g/mol. The summed E-state index contributed by atoms with van der Waals surface area (Å²) in [4.78, 5) is 48.8. The first-order chi connectivity index (χ1) is 25.2. The van der Waals surface area contributed by atoms with E-state index in [4.69, 9.17) is 5.73 Å². The molecule has 16 heteroatoms. The van der Waals surface area contributed by atoms with E-state index in [2.05, 4.69) is 45.8 Å². The van der Waals surface area contributed by atoms with Gasteiger partial charge < -0.3 is 31.1 Å². The third kappa shape index (κ3) is 8.16. The summed E-state index contributed by atoms with van der Waals surface area (Å²) in [7, 11) is 0. The number of aromatic nitrogens is 3. The molecule has 3 aromatic rings. The lowest BCUT2D eigenvalue weighted by Gasteiger charge is -2.40. The molecule has 0 radical (unpaired) electrons. The van der Waals surface area contributed by atoms with Crippen molar-refractivity contribution >= 4 is 52.2 Å². The Bertz CT molecular complexity index is 1790. The van der Waals surface area contributed by atoms with Gasteiger partial charge >= 0.3 is 0 Å². The molecule has 5 heterocycles. The van der Waals surface area contributed by atoms with Crippen LogP contribution in [-0.2, 0) is 9.59 Å². The molecule has 0 bridgehead atoms. The molecule has 276 valence electrons. The molecule has 2 aromatic carbocycles. The number of halogens is 2. The Morgan fingerprint density at radius 2 is 1.62 bits per heavy atom. The van der Waals surface area contributed by atoms with Crippen molar-refractivity contribution in [2.24, 2.45) is 11.7 Å². The second-order valence-corrected chi connectivity index (χ2v) is 14.0. The van der Waals surface area contributed by atoms with Crippen molar-refractivity contribution in [1.29, 1.82) is 0 Å². The van der Waals surface area contributed by atoms with E-state index in [0.29, 0.717) is 42.8 Å². The molecule has 7 rings (SSSR count). The maximum atomic E-state index is 15.5. The van der Waals surface area contributed by atoms with Crippen LogP contribution in [0, 0.1) is 17.6 Å². The van der Waals surface area contributed by atoms with E-state index in [0.717, 1.165) is 83.6 Å². The summed E-state index contributed by atoms with van der Waals surface area (Å²) >= 11 is 0. The standard InChI is InChI=1S/C36H45F2N11O3/c37-26-21-25(5-6-28(26)41-29-7-9-31(50)42-35(29)52)47-14-10-23(11-15-47)22-46-16-18-48(19-17-46)30-8-4-24(20-27(30)38)40-34-32(33(39)51)44-45-36(43-34)49-12-2-1-3-13-49/h4-6,8,20-21,23,29,41H,1-3,7,9-19,22H2,(H2,39,51)(H,40,43,45)(H,42,50,52). The van der Waals surface area contributed by atoms with Crippen molar-refractivity contribution in [1.82, 2.24) is 25.4 Å². The average molecular weight is 718 g/mol. The van der Waals surface area contributed by atoms with Crippen molar-refractivity contribution in [2.45, 2.75) is 51.0 Å². The smallest absolute Gasteiger partial charge is 0.273 e. The number of carbonyl (C=O) groups excluding carboxylic acids is 3. The first-order valence-corrected chi connectivity index (χ1v) is 18.2. The molecule has 4 aliphatic heterocycles. The van der Waals surface area contributed by atoms with Crippen molar-refractivity contribution in [3.05, 3.63) is 53.7 Å². The number of nitrogens with zero attached hydrogens (tertiary/aromatic N) is 7. The van der Waals surface area contributed by atoms with Crippen LogP contribution in [0.15, 0.2) is 36.4 Å². The number of hydrogen-bond acceptors (Lipinski definition) is 12. The Labute approximate surface area is 301 Å². The number of piperidine rings is 3. The SMILES string of the molecule is NC(=O)c1nnc(N2CCCCC2)nc1Nc1ccc(N2CCN(CC3CCN(c4ccc(NC5CCC(=O)NC5=O)c(F)c4)CC3)CC2)c(F)c1. The predicted octanol–water partition coefficient (Wildman–Crippen LogP) is 3.24. The molecule has 3 amide bonds. The number of benzene rings is 2. The van der Waals surface area contributed by atoms with Crippen molar-refractivity contribution in [3.63, 3.8) is 0 Å². The maximum absolute atomic E-state index is 15.5. The zero-order chi connectivity index (χ0) is 36.2. The lowest BCUT2D eigenvalue weighted by Crippen LogP contribution is -2.49. The molecule has 1 atom stereocenters. The van der Waals surface area contributed by atoms with E-state index in [1.54, 1.807) is 18.2 Å². The molecule has 0 spiro atoms. The van der Waals surface area contributed by atoms with Gasteiger partial charge in [0.2, 0.25) is 17.8 Å².